The summed E-state index contributed by atoms with van der Waals surface area (Å²) in [7, 11) is 0. The summed E-state index contributed by atoms with van der Waals surface area (Å²) in [5, 5.41) is 2.64. The number of carbonyl (C=O) groups is 2. The van der Waals surface area contributed by atoms with Crippen LogP contribution in [0.25, 0.3) is 0 Å². The third-order valence-electron chi connectivity index (χ3n) is 2.42. The minimum absolute atomic E-state index is 0.0225. The molecular formula is C10H17NO3. The van der Waals surface area contributed by atoms with Crippen LogP contribution in [-0.2, 0) is 14.3 Å². The van der Waals surface area contributed by atoms with E-state index in [1.165, 1.54) is 6.92 Å². The normalized spacial score (nSPS) is 23.1. The summed E-state index contributed by atoms with van der Waals surface area (Å²) >= 11 is 0. The lowest BCUT2D eigenvalue weighted by molar-refractivity contribution is -0.128. The smallest absolute Gasteiger partial charge is 0.223 e. The topological polar surface area (TPSA) is 55.4 Å². The molecule has 4 heteroatoms. The van der Waals surface area contributed by atoms with Gasteiger partial charge in [-0.05, 0) is 26.7 Å². The van der Waals surface area contributed by atoms with E-state index in [9.17, 15) is 9.59 Å². The van der Waals surface area contributed by atoms with Gasteiger partial charge in [-0.15, -0.1) is 0 Å². The van der Waals surface area contributed by atoms with Crippen molar-refractivity contribution < 1.29 is 14.3 Å². The molecule has 2 atom stereocenters. The van der Waals surface area contributed by atoms with Gasteiger partial charge >= 0.3 is 0 Å². The second kappa shape index (κ2) is 5.10. The van der Waals surface area contributed by atoms with Crippen LogP contribution in [0.1, 0.15) is 33.1 Å². The zero-order valence-electron chi connectivity index (χ0n) is 8.71. The second-order valence-corrected chi connectivity index (χ2v) is 3.74. The van der Waals surface area contributed by atoms with E-state index in [0.29, 0.717) is 6.42 Å². The van der Waals surface area contributed by atoms with Crippen molar-refractivity contribution in [1.29, 1.82) is 0 Å². The summed E-state index contributed by atoms with van der Waals surface area (Å²) in [6.45, 7) is 3.91. The minimum Gasteiger partial charge on any atom is -0.378 e. The van der Waals surface area contributed by atoms with Crippen molar-refractivity contribution >= 4 is 11.7 Å². The maximum Gasteiger partial charge on any atom is 0.223 e. The summed E-state index contributed by atoms with van der Waals surface area (Å²) in [6.07, 6.45) is 2.40. The lowest BCUT2D eigenvalue weighted by Crippen LogP contribution is -2.38. The molecule has 1 aliphatic rings. The second-order valence-electron chi connectivity index (χ2n) is 3.74. The Labute approximate surface area is 84.0 Å². The van der Waals surface area contributed by atoms with Crippen LogP contribution < -0.4 is 5.32 Å². The van der Waals surface area contributed by atoms with Gasteiger partial charge in [-0.25, -0.2) is 0 Å². The molecular weight excluding hydrogens is 182 g/mol. The monoisotopic (exact) mass is 199 g/mol. The van der Waals surface area contributed by atoms with E-state index in [1.54, 1.807) is 6.92 Å². The van der Waals surface area contributed by atoms with E-state index in [1.807, 2.05) is 0 Å². The standard InChI is InChI=1S/C10H17NO3/c1-7(8(2)12)11-10(13)6-9-4-3-5-14-9/h7,9H,3-6H2,1-2H3,(H,11,13). The highest BCUT2D eigenvalue weighted by atomic mass is 16.5. The van der Waals surface area contributed by atoms with Gasteiger partial charge < -0.3 is 10.1 Å². The quantitative estimate of drug-likeness (QED) is 0.723. The minimum atomic E-state index is -0.385. The van der Waals surface area contributed by atoms with Crippen LogP contribution >= 0.6 is 0 Å². The average molecular weight is 199 g/mol. The van der Waals surface area contributed by atoms with Gasteiger partial charge in [0.05, 0.1) is 18.6 Å². The number of ether oxygens (including phenoxy) is 1. The van der Waals surface area contributed by atoms with E-state index in [0.717, 1.165) is 19.4 Å². The number of nitrogens with one attached hydrogen (secondary N) is 1. The van der Waals surface area contributed by atoms with Gasteiger partial charge in [0.2, 0.25) is 5.91 Å². The van der Waals surface area contributed by atoms with Gasteiger partial charge in [-0.2, -0.15) is 0 Å². The first-order valence-electron chi connectivity index (χ1n) is 5.01. The summed E-state index contributed by atoms with van der Waals surface area (Å²) in [6, 6.07) is -0.385. The molecule has 1 heterocycles. The Morgan fingerprint density at radius 2 is 2.29 bits per heavy atom. The fraction of sp³-hybridized carbons (Fsp3) is 0.800. The van der Waals surface area contributed by atoms with E-state index < -0.39 is 0 Å². The van der Waals surface area contributed by atoms with Crippen LogP contribution in [0.2, 0.25) is 0 Å². The molecule has 0 bridgehead atoms. The highest BCUT2D eigenvalue weighted by Gasteiger charge is 2.20. The predicted octanol–water partition coefficient (Wildman–Crippen LogP) is 0.649. The average Bonchev–Trinajstić information content (AvgIpc) is 2.56. The molecule has 2 unspecified atom stereocenters. The zero-order chi connectivity index (χ0) is 10.6. The number of amides is 1. The van der Waals surface area contributed by atoms with Crippen LogP contribution in [0.3, 0.4) is 0 Å². The third-order valence-corrected chi connectivity index (χ3v) is 2.42. The number of ketones is 1. The fourth-order valence-corrected chi connectivity index (χ4v) is 1.41. The number of hydrogen-bond acceptors (Lipinski definition) is 3. The highest BCUT2D eigenvalue weighted by Crippen LogP contribution is 2.14. The van der Waals surface area contributed by atoms with Crippen molar-refractivity contribution in [2.45, 2.75) is 45.3 Å². The van der Waals surface area contributed by atoms with Crippen molar-refractivity contribution in [3.8, 4) is 0 Å². The molecule has 1 aliphatic heterocycles. The van der Waals surface area contributed by atoms with Crippen molar-refractivity contribution in [3.05, 3.63) is 0 Å². The van der Waals surface area contributed by atoms with E-state index in [2.05, 4.69) is 5.32 Å². The molecule has 1 amide bonds. The van der Waals surface area contributed by atoms with Crippen LogP contribution in [0.4, 0.5) is 0 Å². The lowest BCUT2D eigenvalue weighted by atomic mass is 10.1. The van der Waals surface area contributed by atoms with Gasteiger partial charge in [0, 0.05) is 6.61 Å². The molecule has 0 aromatic carbocycles. The van der Waals surface area contributed by atoms with Crippen molar-refractivity contribution in [2.75, 3.05) is 6.61 Å². The number of Topliss-reactive ketones (excluding diaryl/α,β-unsaturated/α-hetero) is 1. The Balaban J connectivity index is 2.24. The Bertz CT molecular complexity index is 221. The highest BCUT2D eigenvalue weighted by molar-refractivity contribution is 5.87. The Kier molecular flexibility index (Phi) is 4.07. The Morgan fingerprint density at radius 3 is 2.79 bits per heavy atom. The molecule has 4 nitrogen and oxygen atoms in total. The van der Waals surface area contributed by atoms with Crippen LogP contribution in [0, 0.1) is 0 Å². The van der Waals surface area contributed by atoms with Gasteiger partial charge in [0.1, 0.15) is 0 Å². The Hall–Kier alpha value is -0.900. The molecule has 14 heavy (non-hydrogen) atoms. The zero-order valence-corrected chi connectivity index (χ0v) is 8.71. The predicted molar refractivity (Wildman–Crippen MR) is 51.9 cm³/mol. The fourth-order valence-electron chi connectivity index (χ4n) is 1.41. The number of carbonyl (C=O) groups excluding carboxylic acids is 2. The maximum atomic E-state index is 11.4. The van der Waals surface area contributed by atoms with E-state index in [4.69, 9.17) is 4.74 Å². The molecule has 1 rings (SSSR count). The van der Waals surface area contributed by atoms with Crippen molar-refractivity contribution in [1.82, 2.24) is 5.32 Å². The maximum absolute atomic E-state index is 11.4. The molecule has 1 saturated heterocycles. The first-order chi connectivity index (χ1) is 6.59. The largest absolute Gasteiger partial charge is 0.378 e. The Morgan fingerprint density at radius 1 is 1.57 bits per heavy atom. The molecule has 0 saturated carbocycles. The first-order valence-corrected chi connectivity index (χ1v) is 5.01. The molecule has 0 radical (unpaired) electrons. The van der Waals surface area contributed by atoms with Crippen LogP contribution in [0.5, 0.6) is 0 Å². The van der Waals surface area contributed by atoms with Gasteiger partial charge in [-0.3, -0.25) is 9.59 Å². The van der Waals surface area contributed by atoms with Crippen molar-refractivity contribution in [3.63, 3.8) is 0 Å². The van der Waals surface area contributed by atoms with Gasteiger partial charge in [0.25, 0.3) is 0 Å². The summed E-state index contributed by atoms with van der Waals surface area (Å²) in [5.41, 5.74) is 0. The summed E-state index contributed by atoms with van der Waals surface area (Å²) in [5.74, 6) is -0.120. The van der Waals surface area contributed by atoms with Crippen LogP contribution in [0.15, 0.2) is 0 Å². The molecule has 0 aliphatic carbocycles. The number of hydrogen-bond donors (Lipinski definition) is 1. The number of rotatable bonds is 4. The van der Waals surface area contributed by atoms with Crippen molar-refractivity contribution in [2.24, 2.45) is 0 Å². The first kappa shape index (κ1) is 11.2. The third kappa shape index (κ3) is 3.46. The van der Waals surface area contributed by atoms with Gasteiger partial charge in [0.15, 0.2) is 5.78 Å². The molecule has 1 N–H and O–H groups in total. The van der Waals surface area contributed by atoms with Gasteiger partial charge in [-0.1, -0.05) is 0 Å². The van der Waals surface area contributed by atoms with E-state index >= 15 is 0 Å². The molecule has 80 valence electrons. The molecule has 0 aromatic heterocycles. The van der Waals surface area contributed by atoms with E-state index in [-0.39, 0.29) is 23.8 Å². The SMILES string of the molecule is CC(=O)C(C)NC(=O)CC1CCCO1. The lowest BCUT2D eigenvalue weighted by Gasteiger charge is -2.13. The molecule has 1 fully saturated rings. The summed E-state index contributed by atoms with van der Waals surface area (Å²) < 4.78 is 5.32. The summed E-state index contributed by atoms with van der Waals surface area (Å²) in [4.78, 5) is 22.2. The van der Waals surface area contributed by atoms with Crippen LogP contribution in [-0.4, -0.2) is 30.4 Å². The molecule has 0 spiro atoms. The molecule has 0 aromatic rings.